The number of aryl methyl sites for hydroxylation is 1. The molecule has 0 bridgehead atoms. The summed E-state index contributed by atoms with van der Waals surface area (Å²) in [7, 11) is 0. The van der Waals surface area contributed by atoms with Gasteiger partial charge in [-0.2, -0.15) is 0 Å². The van der Waals surface area contributed by atoms with Crippen LogP contribution in [0.5, 0.6) is 0 Å². The van der Waals surface area contributed by atoms with Crippen LogP contribution in [0.3, 0.4) is 0 Å². The quantitative estimate of drug-likeness (QED) is 0.853. The van der Waals surface area contributed by atoms with Gasteiger partial charge in [0.1, 0.15) is 5.78 Å². The topological polar surface area (TPSA) is 38.3 Å². The minimum absolute atomic E-state index is 0.267. The lowest BCUT2D eigenvalue weighted by atomic mass is 10.0. The van der Waals surface area contributed by atoms with Crippen LogP contribution in [0.2, 0.25) is 0 Å². The number of piperidine rings is 1. The molecule has 1 N–H and O–H groups in total. The summed E-state index contributed by atoms with van der Waals surface area (Å²) in [6, 6.07) is 8.07. The minimum atomic E-state index is 0.267. The summed E-state index contributed by atoms with van der Waals surface area (Å²) in [4.78, 5) is 11.9. The van der Waals surface area contributed by atoms with Crippen LogP contribution in [-0.2, 0) is 16.0 Å². The molecular formula is C16H23NO2. The average molecular weight is 261 g/mol. The fourth-order valence-electron chi connectivity index (χ4n) is 2.41. The largest absolute Gasteiger partial charge is 0.378 e. The number of benzene rings is 1. The maximum Gasteiger partial charge on any atom is 0.139 e. The van der Waals surface area contributed by atoms with E-state index in [9.17, 15) is 4.79 Å². The maximum atomic E-state index is 11.9. The molecule has 3 heteroatoms. The Balaban J connectivity index is 1.68. The summed E-state index contributed by atoms with van der Waals surface area (Å²) in [5.74, 6) is 0.267. The number of hydrogen-bond acceptors (Lipinski definition) is 3. The van der Waals surface area contributed by atoms with Gasteiger partial charge in [-0.15, -0.1) is 0 Å². The van der Waals surface area contributed by atoms with E-state index in [1.807, 2.05) is 31.2 Å². The molecule has 104 valence electrons. The molecule has 0 saturated carbocycles. The van der Waals surface area contributed by atoms with Crippen LogP contribution in [0.25, 0.3) is 0 Å². The first-order valence-corrected chi connectivity index (χ1v) is 7.14. The third-order valence-electron chi connectivity index (χ3n) is 3.67. The lowest BCUT2D eigenvalue weighted by molar-refractivity contribution is -0.120. The normalized spacial score (nSPS) is 16.5. The standard InChI is InChI=1S/C16H23NO2/c1-13-4-2-3-5-14(13)12-15(18)8-11-19-16-6-9-17-10-7-16/h2-5,16-17H,6-12H2,1H3. The number of carbonyl (C=O) groups is 1. The molecule has 0 aromatic heterocycles. The first-order valence-electron chi connectivity index (χ1n) is 7.14. The van der Waals surface area contributed by atoms with Crippen LogP contribution in [-0.4, -0.2) is 31.6 Å². The van der Waals surface area contributed by atoms with Crippen LogP contribution in [0.1, 0.15) is 30.4 Å². The Morgan fingerprint density at radius 1 is 1.32 bits per heavy atom. The molecule has 0 aliphatic carbocycles. The Morgan fingerprint density at radius 3 is 2.79 bits per heavy atom. The molecule has 1 aliphatic rings. The van der Waals surface area contributed by atoms with E-state index in [1.165, 1.54) is 5.56 Å². The number of nitrogens with one attached hydrogen (secondary N) is 1. The molecule has 0 radical (unpaired) electrons. The van der Waals surface area contributed by atoms with E-state index in [4.69, 9.17) is 4.74 Å². The smallest absolute Gasteiger partial charge is 0.139 e. The van der Waals surface area contributed by atoms with E-state index >= 15 is 0 Å². The van der Waals surface area contributed by atoms with Gasteiger partial charge in [-0.3, -0.25) is 4.79 Å². The molecule has 0 atom stereocenters. The Kier molecular flexibility index (Phi) is 5.55. The van der Waals surface area contributed by atoms with Crippen LogP contribution in [0.4, 0.5) is 0 Å². The second-order valence-electron chi connectivity index (χ2n) is 5.21. The highest BCUT2D eigenvalue weighted by molar-refractivity contribution is 5.81. The third kappa shape index (κ3) is 4.77. The number of Topliss-reactive ketones (excluding diaryl/α,β-unsaturated/α-hetero) is 1. The second kappa shape index (κ2) is 7.41. The predicted molar refractivity (Wildman–Crippen MR) is 76.4 cm³/mol. The monoisotopic (exact) mass is 261 g/mol. The van der Waals surface area contributed by atoms with Gasteiger partial charge in [-0.25, -0.2) is 0 Å². The van der Waals surface area contributed by atoms with Gasteiger partial charge in [0, 0.05) is 12.8 Å². The minimum Gasteiger partial charge on any atom is -0.378 e. The van der Waals surface area contributed by atoms with Crippen molar-refractivity contribution < 1.29 is 9.53 Å². The van der Waals surface area contributed by atoms with Gasteiger partial charge in [0.15, 0.2) is 0 Å². The third-order valence-corrected chi connectivity index (χ3v) is 3.67. The number of ether oxygens (including phenoxy) is 1. The molecule has 2 rings (SSSR count). The van der Waals surface area contributed by atoms with Gasteiger partial charge < -0.3 is 10.1 Å². The zero-order valence-electron chi connectivity index (χ0n) is 11.7. The van der Waals surface area contributed by atoms with Crippen molar-refractivity contribution in [3.63, 3.8) is 0 Å². The number of ketones is 1. The molecule has 1 aliphatic heterocycles. The average Bonchev–Trinajstić information content (AvgIpc) is 2.43. The van der Waals surface area contributed by atoms with Gasteiger partial charge in [0.25, 0.3) is 0 Å². The molecule has 0 unspecified atom stereocenters. The van der Waals surface area contributed by atoms with Gasteiger partial charge >= 0.3 is 0 Å². The van der Waals surface area contributed by atoms with E-state index in [1.54, 1.807) is 0 Å². The van der Waals surface area contributed by atoms with E-state index in [-0.39, 0.29) is 5.78 Å². The van der Waals surface area contributed by atoms with Crippen molar-refractivity contribution in [1.29, 1.82) is 0 Å². The van der Waals surface area contributed by atoms with Crippen LogP contribution in [0.15, 0.2) is 24.3 Å². The van der Waals surface area contributed by atoms with Crippen molar-refractivity contribution in [2.24, 2.45) is 0 Å². The second-order valence-corrected chi connectivity index (χ2v) is 5.21. The van der Waals surface area contributed by atoms with Crippen molar-refractivity contribution in [2.75, 3.05) is 19.7 Å². The van der Waals surface area contributed by atoms with Crippen LogP contribution >= 0.6 is 0 Å². The van der Waals surface area contributed by atoms with Crippen molar-refractivity contribution in [3.8, 4) is 0 Å². The highest BCUT2D eigenvalue weighted by Crippen LogP contribution is 2.10. The summed E-state index contributed by atoms with van der Waals surface area (Å²) in [6.45, 7) is 4.67. The van der Waals surface area contributed by atoms with E-state index in [0.717, 1.165) is 31.5 Å². The summed E-state index contributed by atoms with van der Waals surface area (Å²) in [6.07, 6.45) is 3.52. The summed E-state index contributed by atoms with van der Waals surface area (Å²) in [5.41, 5.74) is 2.32. The molecule has 1 aromatic carbocycles. The fraction of sp³-hybridized carbons (Fsp3) is 0.562. The van der Waals surface area contributed by atoms with Crippen molar-refractivity contribution >= 4 is 5.78 Å². The fourth-order valence-corrected chi connectivity index (χ4v) is 2.41. The van der Waals surface area contributed by atoms with E-state index in [2.05, 4.69) is 5.32 Å². The molecule has 3 nitrogen and oxygen atoms in total. The lowest BCUT2D eigenvalue weighted by Crippen LogP contribution is -2.32. The Labute approximate surface area is 115 Å². The van der Waals surface area contributed by atoms with Gasteiger partial charge in [-0.05, 0) is 44.0 Å². The Hall–Kier alpha value is -1.19. The molecule has 1 fully saturated rings. The summed E-state index contributed by atoms with van der Waals surface area (Å²) >= 11 is 0. The Morgan fingerprint density at radius 2 is 2.05 bits per heavy atom. The lowest BCUT2D eigenvalue weighted by Gasteiger charge is -2.22. The summed E-state index contributed by atoms with van der Waals surface area (Å²) in [5, 5.41) is 3.31. The molecule has 19 heavy (non-hydrogen) atoms. The van der Waals surface area contributed by atoms with Gasteiger partial charge in [0.05, 0.1) is 12.7 Å². The first kappa shape index (κ1) is 14.2. The molecule has 0 amide bonds. The highest BCUT2D eigenvalue weighted by Gasteiger charge is 2.13. The molecule has 0 spiro atoms. The van der Waals surface area contributed by atoms with Crippen LogP contribution < -0.4 is 5.32 Å². The summed E-state index contributed by atoms with van der Waals surface area (Å²) < 4.78 is 5.76. The zero-order valence-corrected chi connectivity index (χ0v) is 11.7. The predicted octanol–water partition coefficient (Wildman–Crippen LogP) is 2.27. The molecular weight excluding hydrogens is 238 g/mol. The highest BCUT2D eigenvalue weighted by atomic mass is 16.5. The molecule has 1 heterocycles. The SMILES string of the molecule is Cc1ccccc1CC(=O)CCOC1CCNCC1. The van der Waals surface area contributed by atoms with Gasteiger partial charge in [0.2, 0.25) is 0 Å². The van der Waals surface area contributed by atoms with Crippen LogP contribution in [0, 0.1) is 6.92 Å². The maximum absolute atomic E-state index is 11.9. The van der Waals surface area contributed by atoms with Crippen molar-refractivity contribution in [1.82, 2.24) is 5.32 Å². The van der Waals surface area contributed by atoms with E-state index in [0.29, 0.717) is 25.6 Å². The van der Waals surface area contributed by atoms with Gasteiger partial charge in [-0.1, -0.05) is 24.3 Å². The van der Waals surface area contributed by atoms with E-state index < -0.39 is 0 Å². The van der Waals surface area contributed by atoms with Crippen molar-refractivity contribution in [3.05, 3.63) is 35.4 Å². The van der Waals surface area contributed by atoms with Crippen molar-refractivity contribution in [2.45, 2.75) is 38.7 Å². The number of hydrogen-bond donors (Lipinski definition) is 1. The molecule has 1 saturated heterocycles. The number of rotatable bonds is 6. The number of carbonyl (C=O) groups excluding carboxylic acids is 1. The zero-order chi connectivity index (χ0) is 13.5. The first-order chi connectivity index (χ1) is 9.25. The molecule has 1 aromatic rings. The Bertz CT molecular complexity index is 411.